The first-order valence-electron chi connectivity index (χ1n) is 6.01. The van der Waals surface area contributed by atoms with Gasteiger partial charge in [-0.3, -0.25) is 4.79 Å². The number of hydrogen-bond donors (Lipinski definition) is 2. The van der Waals surface area contributed by atoms with Crippen LogP contribution in [0.15, 0.2) is 17.0 Å². The molecule has 1 aromatic carbocycles. The summed E-state index contributed by atoms with van der Waals surface area (Å²) in [6, 6.07) is 3.05. The standard InChI is InChI=1S/C12H16N2O4S/c1-3-4-13-19(16,17)11-6-9-10(5-8(11)2)18-7-12(15)14-9/h5-6,13H,3-4,7H2,1-2H3,(H,14,15). The number of anilines is 1. The first-order chi connectivity index (χ1) is 8.94. The molecular formula is C12H16N2O4S. The van der Waals surface area contributed by atoms with Crippen molar-refractivity contribution in [3.05, 3.63) is 17.7 Å². The molecule has 0 fully saturated rings. The molecule has 1 aliphatic rings. The molecule has 0 bridgehead atoms. The summed E-state index contributed by atoms with van der Waals surface area (Å²) in [4.78, 5) is 11.4. The fourth-order valence-electron chi connectivity index (χ4n) is 1.81. The van der Waals surface area contributed by atoms with Crippen LogP contribution in [0.2, 0.25) is 0 Å². The molecule has 0 spiro atoms. The number of nitrogens with one attached hydrogen (secondary N) is 2. The SMILES string of the molecule is CCCNS(=O)(=O)c1cc2c(cc1C)OCC(=O)N2. The van der Waals surface area contributed by atoms with Crippen LogP contribution >= 0.6 is 0 Å². The van der Waals surface area contributed by atoms with Gasteiger partial charge in [-0.2, -0.15) is 0 Å². The number of hydrogen-bond acceptors (Lipinski definition) is 4. The van der Waals surface area contributed by atoms with Crippen LogP contribution < -0.4 is 14.8 Å². The average molecular weight is 284 g/mol. The van der Waals surface area contributed by atoms with Gasteiger partial charge in [0.15, 0.2) is 6.61 Å². The van der Waals surface area contributed by atoms with Crippen molar-refractivity contribution < 1.29 is 17.9 Å². The molecule has 0 saturated heterocycles. The van der Waals surface area contributed by atoms with E-state index >= 15 is 0 Å². The largest absolute Gasteiger partial charge is 0.482 e. The Morgan fingerprint density at radius 3 is 2.84 bits per heavy atom. The zero-order valence-electron chi connectivity index (χ0n) is 10.8. The van der Waals surface area contributed by atoms with E-state index in [9.17, 15) is 13.2 Å². The van der Waals surface area contributed by atoms with Crippen molar-refractivity contribution in [1.29, 1.82) is 0 Å². The predicted molar refractivity (Wildman–Crippen MR) is 70.8 cm³/mol. The number of ether oxygens (including phenoxy) is 1. The molecule has 2 N–H and O–H groups in total. The van der Waals surface area contributed by atoms with Crippen LogP contribution in [0.3, 0.4) is 0 Å². The van der Waals surface area contributed by atoms with Gasteiger partial charge in [-0.15, -0.1) is 0 Å². The second-order valence-electron chi connectivity index (χ2n) is 4.35. The molecule has 0 saturated carbocycles. The van der Waals surface area contributed by atoms with Gasteiger partial charge in [-0.1, -0.05) is 6.92 Å². The Labute approximate surface area is 112 Å². The van der Waals surface area contributed by atoms with E-state index in [1.807, 2.05) is 6.92 Å². The van der Waals surface area contributed by atoms with Crippen LogP contribution in [0.1, 0.15) is 18.9 Å². The maximum atomic E-state index is 12.1. The van der Waals surface area contributed by atoms with E-state index in [0.717, 1.165) is 0 Å². The van der Waals surface area contributed by atoms with Gasteiger partial charge in [0, 0.05) is 6.54 Å². The van der Waals surface area contributed by atoms with Crippen molar-refractivity contribution in [3.8, 4) is 5.75 Å². The van der Waals surface area contributed by atoms with E-state index in [4.69, 9.17) is 4.74 Å². The maximum absolute atomic E-state index is 12.1. The lowest BCUT2D eigenvalue weighted by Gasteiger charge is -2.20. The number of fused-ring (bicyclic) bond motifs is 1. The van der Waals surface area contributed by atoms with Crippen molar-refractivity contribution in [2.24, 2.45) is 0 Å². The highest BCUT2D eigenvalue weighted by Crippen LogP contribution is 2.32. The van der Waals surface area contributed by atoms with E-state index < -0.39 is 10.0 Å². The van der Waals surface area contributed by atoms with Gasteiger partial charge < -0.3 is 10.1 Å². The lowest BCUT2D eigenvalue weighted by molar-refractivity contribution is -0.118. The second kappa shape index (κ2) is 5.18. The molecule has 1 aromatic rings. The highest BCUT2D eigenvalue weighted by Gasteiger charge is 2.22. The molecule has 2 rings (SSSR count). The molecule has 0 unspecified atom stereocenters. The number of carbonyl (C=O) groups is 1. The Morgan fingerprint density at radius 2 is 2.16 bits per heavy atom. The van der Waals surface area contributed by atoms with Gasteiger partial charge in [0.2, 0.25) is 10.0 Å². The van der Waals surface area contributed by atoms with Gasteiger partial charge in [-0.05, 0) is 31.0 Å². The summed E-state index contributed by atoms with van der Waals surface area (Å²) in [6.45, 7) is 3.91. The Kier molecular flexibility index (Phi) is 3.77. The molecule has 0 atom stereocenters. The molecular weight excluding hydrogens is 268 g/mol. The molecule has 104 valence electrons. The van der Waals surface area contributed by atoms with Crippen LogP contribution in [0, 0.1) is 6.92 Å². The highest BCUT2D eigenvalue weighted by molar-refractivity contribution is 7.89. The Hall–Kier alpha value is -1.60. The topological polar surface area (TPSA) is 84.5 Å². The van der Waals surface area contributed by atoms with Crippen LogP contribution in [0.5, 0.6) is 5.75 Å². The highest BCUT2D eigenvalue weighted by atomic mass is 32.2. The summed E-state index contributed by atoms with van der Waals surface area (Å²) in [7, 11) is -3.56. The van der Waals surface area contributed by atoms with Gasteiger partial charge in [0.25, 0.3) is 5.91 Å². The Bertz CT molecular complexity index is 610. The molecule has 0 aliphatic carbocycles. The van der Waals surface area contributed by atoms with E-state index in [1.165, 1.54) is 6.07 Å². The molecule has 0 radical (unpaired) electrons. The van der Waals surface area contributed by atoms with Gasteiger partial charge in [-0.25, -0.2) is 13.1 Å². The smallest absolute Gasteiger partial charge is 0.262 e. The first-order valence-corrected chi connectivity index (χ1v) is 7.49. The fraction of sp³-hybridized carbons (Fsp3) is 0.417. The minimum atomic E-state index is -3.56. The Morgan fingerprint density at radius 1 is 1.42 bits per heavy atom. The lowest BCUT2D eigenvalue weighted by Crippen LogP contribution is -2.28. The van der Waals surface area contributed by atoms with Gasteiger partial charge in [0.05, 0.1) is 10.6 Å². The molecule has 0 aromatic heterocycles. The quantitative estimate of drug-likeness (QED) is 0.864. The maximum Gasteiger partial charge on any atom is 0.262 e. The molecule has 6 nitrogen and oxygen atoms in total. The summed E-state index contributed by atoms with van der Waals surface area (Å²) >= 11 is 0. The van der Waals surface area contributed by atoms with E-state index in [0.29, 0.717) is 30.0 Å². The number of aryl methyl sites for hydroxylation is 1. The van der Waals surface area contributed by atoms with E-state index in [1.54, 1.807) is 13.0 Å². The number of rotatable bonds is 4. The molecule has 1 heterocycles. The molecule has 19 heavy (non-hydrogen) atoms. The summed E-state index contributed by atoms with van der Waals surface area (Å²) in [5.74, 6) is 0.202. The number of benzene rings is 1. The van der Waals surface area contributed by atoms with Crippen LogP contribution in [-0.2, 0) is 14.8 Å². The third kappa shape index (κ3) is 2.87. The summed E-state index contributed by atoms with van der Waals surface area (Å²) in [5, 5.41) is 2.60. The van der Waals surface area contributed by atoms with Crippen molar-refractivity contribution in [2.45, 2.75) is 25.2 Å². The van der Waals surface area contributed by atoms with Gasteiger partial charge >= 0.3 is 0 Å². The van der Waals surface area contributed by atoms with Crippen molar-refractivity contribution in [2.75, 3.05) is 18.5 Å². The van der Waals surface area contributed by atoms with Crippen LogP contribution in [-0.4, -0.2) is 27.5 Å². The van der Waals surface area contributed by atoms with E-state index in [-0.39, 0.29) is 17.4 Å². The number of carbonyl (C=O) groups excluding carboxylic acids is 1. The summed E-state index contributed by atoms with van der Waals surface area (Å²) < 4.78 is 32.0. The van der Waals surface area contributed by atoms with Crippen molar-refractivity contribution in [1.82, 2.24) is 4.72 Å². The Balaban J connectivity index is 2.42. The minimum Gasteiger partial charge on any atom is -0.482 e. The predicted octanol–water partition coefficient (Wildman–Crippen LogP) is 1.01. The average Bonchev–Trinajstić information content (AvgIpc) is 2.36. The zero-order valence-corrected chi connectivity index (χ0v) is 11.6. The van der Waals surface area contributed by atoms with Crippen molar-refractivity contribution >= 4 is 21.6 Å². The van der Waals surface area contributed by atoms with Crippen molar-refractivity contribution in [3.63, 3.8) is 0 Å². The minimum absolute atomic E-state index is 0.0490. The van der Waals surface area contributed by atoms with E-state index in [2.05, 4.69) is 10.0 Å². The third-order valence-electron chi connectivity index (χ3n) is 2.74. The monoisotopic (exact) mass is 284 g/mol. The molecule has 1 amide bonds. The van der Waals surface area contributed by atoms with Crippen LogP contribution in [0.4, 0.5) is 5.69 Å². The summed E-state index contributed by atoms with van der Waals surface area (Å²) in [6.07, 6.45) is 0.711. The number of amides is 1. The zero-order chi connectivity index (χ0) is 14.0. The lowest BCUT2D eigenvalue weighted by atomic mass is 10.2. The summed E-state index contributed by atoms with van der Waals surface area (Å²) in [5.41, 5.74) is 0.970. The number of sulfonamides is 1. The molecule has 1 aliphatic heterocycles. The fourth-order valence-corrected chi connectivity index (χ4v) is 3.20. The normalized spacial score (nSPS) is 14.5. The second-order valence-corrected chi connectivity index (χ2v) is 6.08. The van der Waals surface area contributed by atoms with Crippen LogP contribution in [0.25, 0.3) is 0 Å². The molecule has 7 heteroatoms. The van der Waals surface area contributed by atoms with Gasteiger partial charge in [0.1, 0.15) is 5.75 Å². The first kappa shape index (κ1) is 13.8. The third-order valence-corrected chi connectivity index (χ3v) is 4.34.